The molecule has 1 amide bonds. The van der Waals surface area contributed by atoms with Crippen molar-refractivity contribution in [1.29, 1.82) is 0 Å². The molecule has 1 aromatic heterocycles. The Hall–Kier alpha value is -2.34. The van der Waals surface area contributed by atoms with E-state index in [1.807, 2.05) is 0 Å². The van der Waals surface area contributed by atoms with Gasteiger partial charge in [0.2, 0.25) is 5.91 Å². The minimum atomic E-state index is -1.10. The minimum absolute atomic E-state index is 0.0346. The molecule has 2 heterocycles. The Morgan fingerprint density at radius 3 is 2.80 bits per heavy atom. The Bertz CT molecular complexity index is 676. The highest BCUT2D eigenvalue weighted by Gasteiger charge is 2.37. The molecule has 102 valence electrons. The van der Waals surface area contributed by atoms with Crippen LogP contribution in [0.15, 0.2) is 36.5 Å². The molecule has 0 saturated carbocycles. The summed E-state index contributed by atoms with van der Waals surface area (Å²) in [7, 11) is 0. The zero-order valence-electron chi connectivity index (χ0n) is 10.4. The highest BCUT2D eigenvalue weighted by Crippen LogP contribution is 2.37. The highest BCUT2D eigenvalue weighted by atomic mass is 19.1. The molecule has 1 aliphatic heterocycles. The second-order valence-electron chi connectivity index (χ2n) is 4.54. The van der Waals surface area contributed by atoms with Gasteiger partial charge in [0.25, 0.3) is 0 Å². The maximum Gasteiger partial charge on any atom is 0.249 e. The molecule has 0 bridgehead atoms. The second kappa shape index (κ2) is 4.64. The minimum Gasteiger partial charge on any atom is -0.316 e. The van der Waals surface area contributed by atoms with E-state index in [1.54, 1.807) is 24.4 Å². The number of nitrogens with zero attached hydrogens (tertiary/aromatic N) is 2. The lowest BCUT2D eigenvalue weighted by molar-refractivity contribution is -0.119. The van der Waals surface area contributed by atoms with Gasteiger partial charge in [0, 0.05) is 17.8 Å². The summed E-state index contributed by atoms with van der Waals surface area (Å²) in [5.74, 6) is -2.01. The molecule has 1 unspecified atom stereocenters. The molecule has 1 aromatic carbocycles. The number of pyridine rings is 1. The highest BCUT2D eigenvalue weighted by molar-refractivity contribution is 6.04. The first kappa shape index (κ1) is 12.7. The van der Waals surface area contributed by atoms with Crippen LogP contribution in [0, 0.1) is 11.6 Å². The van der Waals surface area contributed by atoms with E-state index in [-0.39, 0.29) is 17.8 Å². The van der Waals surface area contributed by atoms with Crippen LogP contribution >= 0.6 is 0 Å². The van der Waals surface area contributed by atoms with Gasteiger partial charge in [-0.3, -0.25) is 9.78 Å². The Labute approximate surface area is 113 Å². The van der Waals surface area contributed by atoms with Gasteiger partial charge in [0.15, 0.2) is 0 Å². The van der Waals surface area contributed by atoms with Crippen LogP contribution in [-0.4, -0.2) is 10.9 Å². The number of amides is 1. The Balaban J connectivity index is 2.04. The molecule has 1 atom stereocenters. The van der Waals surface area contributed by atoms with Gasteiger partial charge < -0.3 is 10.6 Å². The molecule has 2 aromatic rings. The van der Waals surface area contributed by atoms with Crippen molar-refractivity contribution < 1.29 is 13.6 Å². The van der Waals surface area contributed by atoms with Gasteiger partial charge in [-0.2, -0.15) is 0 Å². The summed E-state index contributed by atoms with van der Waals surface area (Å²) in [6, 6.07) is 5.99. The van der Waals surface area contributed by atoms with E-state index in [2.05, 4.69) is 4.98 Å². The summed E-state index contributed by atoms with van der Waals surface area (Å²) in [5.41, 5.74) is 6.53. The van der Waals surface area contributed by atoms with Crippen molar-refractivity contribution in [2.24, 2.45) is 5.73 Å². The third-order valence-corrected chi connectivity index (χ3v) is 3.25. The molecule has 3 rings (SSSR count). The van der Waals surface area contributed by atoms with Crippen molar-refractivity contribution in [2.75, 3.05) is 4.90 Å². The third-order valence-electron chi connectivity index (χ3n) is 3.25. The number of rotatable bonds is 2. The van der Waals surface area contributed by atoms with Crippen molar-refractivity contribution in [3.8, 4) is 0 Å². The first-order chi connectivity index (χ1) is 9.58. The fourth-order valence-corrected chi connectivity index (χ4v) is 2.33. The van der Waals surface area contributed by atoms with E-state index in [0.29, 0.717) is 5.69 Å². The monoisotopic (exact) mass is 275 g/mol. The van der Waals surface area contributed by atoms with Gasteiger partial charge in [-0.15, -0.1) is 0 Å². The zero-order chi connectivity index (χ0) is 14.3. The number of carbonyl (C=O) groups is 1. The maximum absolute atomic E-state index is 13.8. The molecule has 0 spiro atoms. The van der Waals surface area contributed by atoms with Crippen LogP contribution in [0.1, 0.15) is 17.3 Å². The number of carbonyl (C=O) groups excluding carboxylic acids is 1. The lowest BCUT2D eigenvalue weighted by Crippen LogP contribution is -2.31. The topological polar surface area (TPSA) is 59.2 Å². The molecule has 0 saturated heterocycles. The van der Waals surface area contributed by atoms with Crippen LogP contribution in [-0.2, 0) is 11.3 Å². The van der Waals surface area contributed by atoms with Gasteiger partial charge in [-0.1, -0.05) is 6.07 Å². The van der Waals surface area contributed by atoms with Crippen molar-refractivity contribution in [1.82, 2.24) is 4.98 Å². The molecule has 0 radical (unpaired) electrons. The van der Waals surface area contributed by atoms with Crippen LogP contribution in [0.25, 0.3) is 0 Å². The quantitative estimate of drug-likeness (QED) is 0.910. The number of halogens is 2. The number of anilines is 1. The van der Waals surface area contributed by atoms with Crippen molar-refractivity contribution in [3.05, 3.63) is 59.4 Å². The van der Waals surface area contributed by atoms with Gasteiger partial charge in [0.05, 0.1) is 17.9 Å². The summed E-state index contributed by atoms with van der Waals surface area (Å²) in [5, 5.41) is 0. The van der Waals surface area contributed by atoms with Crippen LogP contribution in [0.5, 0.6) is 0 Å². The Morgan fingerprint density at radius 1 is 1.30 bits per heavy atom. The second-order valence-corrected chi connectivity index (χ2v) is 4.54. The average molecular weight is 275 g/mol. The number of benzene rings is 1. The lowest BCUT2D eigenvalue weighted by atomic mass is 10.1. The molecule has 0 fully saturated rings. The summed E-state index contributed by atoms with van der Waals surface area (Å²) in [6.45, 7) is 0.128. The number of fused-ring (bicyclic) bond motifs is 1. The summed E-state index contributed by atoms with van der Waals surface area (Å²) in [6.07, 6.45) is 1.59. The number of aromatic nitrogens is 1. The lowest BCUT2D eigenvalue weighted by Gasteiger charge is -2.17. The fourth-order valence-electron chi connectivity index (χ4n) is 2.33. The summed E-state index contributed by atoms with van der Waals surface area (Å²) in [4.78, 5) is 17.5. The molecular formula is C14H11F2N3O. The molecule has 0 aliphatic carbocycles. The normalized spacial score (nSPS) is 17.4. The number of hydrogen-bond acceptors (Lipinski definition) is 3. The number of hydrogen-bond donors (Lipinski definition) is 1. The van der Waals surface area contributed by atoms with E-state index in [4.69, 9.17) is 5.73 Å². The fraction of sp³-hybridized carbons (Fsp3) is 0.143. The Morgan fingerprint density at radius 2 is 2.10 bits per heavy atom. The first-order valence-corrected chi connectivity index (χ1v) is 6.03. The molecule has 2 N–H and O–H groups in total. The maximum atomic E-state index is 13.8. The van der Waals surface area contributed by atoms with E-state index < -0.39 is 23.6 Å². The summed E-state index contributed by atoms with van der Waals surface area (Å²) >= 11 is 0. The molecule has 4 nitrogen and oxygen atoms in total. The predicted octanol–water partition coefficient (Wildman–Crippen LogP) is 1.91. The smallest absolute Gasteiger partial charge is 0.249 e. The van der Waals surface area contributed by atoms with E-state index in [1.165, 1.54) is 4.90 Å². The van der Waals surface area contributed by atoms with Crippen LogP contribution < -0.4 is 10.6 Å². The van der Waals surface area contributed by atoms with E-state index >= 15 is 0 Å². The summed E-state index contributed by atoms with van der Waals surface area (Å²) < 4.78 is 27.1. The van der Waals surface area contributed by atoms with Gasteiger partial charge in [-0.25, -0.2) is 8.78 Å². The molecule has 20 heavy (non-hydrogen) atoms. The molecular weight excluding hydrogens is 264 g/mol. The zero-order valence-corrected chi connectivity index (χ0v) is 10.4. The van der Waals surface area contributed by atoms with Crippen LogP contribution in [0.3, 0.4) is 0 Å². The number of nitrogens with two attached hydrogens (primary N) is 1. The average Bonchev–Trinajstić information content (AvgIpc) is 2.65. The van der Waals surface area contributed by atoms with Crippen molar-refractivity contribution in [2.45, 2.75) is 12.6 Å². The predicted molar refractivity (Wildman–Crippen MR) is 68.7 cm³/mol. The van der Waals surface area contributed by atoms with Gasteiger partial charge in [0.1, 0.15) is 17.7 Å². The molecule has 6 heteroatoms. The van der Waals surface area contributed by atoms with Crippen molar-refractivity contribution in [3.63, 3.8) is 0 Å². The largest absolute Gasteiger partial charge is 0.316 e. The van der Waals surface area contributed by atoms with E-state index in [9.17, 15) is 13.6 Å². The van der Waals surface area contributed by atoms with Gasteiger partial charge in [-0.05, 0) is 18.2 Å². The van der Waals surface area contributed by atoms with E-state index in [0.717, 1.165) is 12.1 Å². The third kappa shape index (κ3) is 1.94. The Kier molecular flexibility index (Phi) is 2.94. The van der Waals surface area contributed by atoms with Crippen LogP contribution in [0.2, 0.25) is 0 Å². The SMILES string of the molecule is NC1C(=O)N(Cc2ccccn2)c2cc(F)cc(F)c21. The van der Waals surface area contributed by atoms with Crippen LogP contribution in [0.4, 0.5) is 14.5 Å². The standard InChI is InChI=1S/C14H11F2N3O/c15-8-5-10(16)12-11(6-8)19(14(20)13(12)17)7-9-3-1-2-4-18-9/h1-6,13H,7,17H2. The van der Waals surface area contributed by atoms with Crippen molar-refractivity contribution >= 4 is 11.6 Å². The first-order valence-electron chi connectivity index (χ1n) is 6.03. The van der Waals surface area contributed by atoms with Gasteiger partial charge >= 0.3 is 0 Å². The molecule has 1 aliphatic rings.